The number of nitrogen functional groups attached to an aromatic ring is 1. The Labute approximate surface area is 270 Å². The Hall–Kier alpha value is -5.07. The molecule has 0 atom stereocenters. The number of benzene rings is 5. The van der Waals surface area contributed by atoms with E-state index < -0.39 is 62.2 Å². The first-order valence-electron chi connectivity index (χ1n) is 12.5. The zero-order valence-electron chi connectivity index (χ0n) is 23.0. The number of anilines is 1. The number of halogens is 1. The highest BCUT2D eigenvalue weighted by Crippen LogP contribution is 2.44. The third-order valence-corrected chi connectivity index (χ3v) is 9.51. The van der Waals surface area contributed by atoms with E-state index in [1.54, 1.807) is 0 Å². The number of fused-ring (bicyclic) bond motifs is 2. The van der Waals surface area contributed by atoms with Gasteiger partial charge in [-0.3, -0.25) is 13.7 Å². The molecule has 0 spiro atoms. The van der Waals surface area contributed by atoms with Crippen molar-refractivity contribution in [2.45, 2.75) is 14.7 Å². The first-order chi connectivity index (χ1) is 21.9. The molecule has 0 fully saturated rings. The van der Waals surface area contributed by atoms with Crippen LogP contribution in [0.4, 0.5) is 28.4 Å². The molecule has 47 heavy (non-hydrogen) atoms. The Bertz CT molecular complexity index is 2600. The number of hydrogen-bond acceptors (Lipinski definition) is 13. The lowest BCUT2D eigenvalue weighted by Crippen LogP contribution is -2.04. The molecule has 0 saturated carbocycles. The number of phenolic OH excluding ortho intramolecular Hbond substituents is 1. The number of azo groups is 2. The van der Waals surface area contributed by atoms with Crippen molar-refractivity contribution < 1.29 is 44.0 Å². The quantitative estimate of drug-likeness (QED) is 0.0697. The number of nitrogens with zero attached hydrogens (tertiary/aromatic N) is 5. The van der Waals surface area contributed by atoms with Gasteiger partial charge in [0.15, 0.2) is 5.75 Å². The average Bonchev–Trinajstić information content (AvgIpc) is 2.98. The standard InChI is InChI=1S/C27H17ClN6O10S3/c28-19-7-13(12-29)1-4-23(19)33-31-21-5-6-22(18-10-15(45(36,37)38)2-3-16(18)21)32-34-26-25(47(42,43)44)9-14-8-24(46(39,40)41)20(30)11-17(14)27(26)35/h1-11,35H,30H2,(H,36,37,38)(H,39,40,41)(H,42,43,44). The van der Waals surface area contributed by atoms with E-state index >= 15 is 0 Å². The van der Waals surface area contributed by atoms with Crippen LogP contribution in [0, 0.1) is 11.3 Å². The summed E-state index contributed by atoms with van der Waals surface area (Å²) in [4.78, 5) is -2.35. The van der Waals surface area contributed by atoms with Crippen LogP contribution in [0.25, 0.3) is 21.5 Å². The van der Waals surface area contributed by atoms with Crippen molar-refractivity contribution >= 4 is 91.9 Å². The van der Waals surface area contributed by atoms with Crippen LogP contribution in [0.5, 0.6) is 5.75 Å². The van der Waals surface area contributed by atoms with Crippen molar-refractivity contribution in [2.24, 2.45) is 20.5 Å². The Morgan fingerprint density at radius 2 is 1.23 bits per heavy atom. The minimum atomic E-state index is -5.15. The Morgan fingerprint density at radius 3 is 1.83 bits per heavy atom. The topological polar surface area (TPSA) is 283 Å². The van der Waals surface area contributed by atoms with Crippen LogP contribution < -0.4 is 5.73 Å². The fourth-order valence-electron chi connectivity index (χ4n) is 4.41. The van der Waals surface area contributed by atoms with E-state index in [0.717, 1.165) is 30.3 Å². The van der Waals surface area contributed by atoms with Crippen molar-refractivity contribution in [1.29, 1.82) is 5.26 Å². The molecule has 0 saturated heterocycles. The molecule has 240 valence electrons. The van der Waals surface area contributed by atoms with Gasteiger partial charge < -0.3 is 10.8 Å². The van der Waals surface area contributed by atoms with Crippen LogP contribution in [0.2, 0.25) is 5.02 Å². The molecule has 0 heterocycles. The first-order valence-corrected chi connectivity index (χ1v) is 17.2. The molecule has 5 aromatic rings. The number of hydrogen-bond donors (Lipinski definition) is 5. The van der Waals surface area contributed by atoms with E-state index in [0.29, 0.717) is 0 Å². The number of aromatic hydroxyl groups is 1. The zero-order valence-corrected chi connectivity index (χ0v) is 26.2. The third-order valence-electron chi connectivity index (χ3n) is 6.58. The van der Waals surface area contributed by atoms with Crippen molar-refractivity contribution in [3.8, 4) is 11.8 Å². The lowest BCUT2D eigenvalue weighted by Gasteiger charge is -2.11. The molecule has 5 rings (SSSR count). The van der Waals surface area contributed by atoms with E-state index in [2.05, 4.69) is 20.5 Å². The molecular weight excluding hydrogens is 700 g/mol. The maximum absolute atomic E-state index is 12.3. The van der Waals surface area contributed by atoms with Crippen LogP contribution in [0.3, 0.4) is 0 Å². The smallest absolute Gasteiger partial charge is 0.296 e. The molecule has 0 radical (unpaired) electrons. The molecule has 5 aromatic carbocycles. The second kappa shape index (κ2) is 11.9. The number of rotatable bonds is 7. The van der Waals surface area contributed by atoms with Crippen molar-refractivity contribution in [3.05, 3.63) is 77.3 Å². The fraction of sp³-hybridized carbons (Fsp3) is 0. The predicted molar refractivity (Wildman–Crippen MR) is 168 cm³/mol. The van der Waals surface area contributed by atoms with Gasteiger partial charge in [-0.15, -0.1) is 20.5 Å². The number of nitrogens with two attached hydrogens (primary N) is 1. The lowest BCUT2D eigenvalue weighted by atomic mass is 10.1. The van der Waals surface area contributed by atoms with Crippen LogP contribution in [-0.2, 0) is 30.4 Å². The Morgan fingerprint density at radius 1 is 0.660 bits per heavy atom. The molecule has 0 unspecified atom stereocenters. The van der Waals surface area contributed by atoms with Gasteiger partial charge in [-0.25, -0.2) is 0 Å². The van der Waals surface area contributed by atoms with E-state index in [4.69, 9.17) is 22.6 Å². The molecule has 6 N–H and O–H groups in total. The minimum Gasteiger partial charge on any atom is -0.505 e. The number of nitriles is 1. The van der Waals surface area contributed by atoms with Crippen LogP contribution >= 0.6 is 11.6 Å². The third kappa shape index (κ3) is 6.74. The van der Waals surface area contributed by atoms with Gasteiger partial charge in [0.2, 0.25) is 0 Å². The normalized spacial score (nSPS) is 12.7. The van der Waals surface area contributed by atoms with Gasteiger partial charge >= 0.3 is 0 Å². The highest BCUT2D eigenvalue weighted by molar-refractivity contribution is 7.86. The molecule has 0 amide bonds. The minimum absolute atomic E-state index is 0.00183. The van der Waals surface area contributed by atoms with E-state index in [1.165, 1.54) is 36.4 Å². The van der Waals surface area contributed by atoms with Gasteiger partial charge in [0, 0.05) is 16.2 Å². The summed E-state index contributed by atoms with van der Waals surface area (Å²) in [7, 11) is -14.7. The summed E-state index contributed by atoms with van der Waals surface area (Å²) in [6, 6.07) is 14.7. The van der Waals surface area contributed by atoms with Gasteiger partial charge in [-0.2, -0.15) is 30.5 Å². The summed E-state index contributed by atoms with van der Waals surface area (Å²) in [6.45, 7) is 0. The van der Waals surface area contributed by atoms with Gasteiger partial charge in [0.25, 0.3) is 30.4 Å². The van der Waals surface area contributed by atoms with E-state index in [9.17, 15) is 44.0 Å². The maximum atomic E-state index is 12.3. The Kier molecular flexibility index (Phi) is 8.46. The second-order valence-electron chi connectivity index (χ2n) is 9.60. The van der Waals surface area contributed by atoms with Crippen molar-refractivity contribution in [3.63, 3.8) is 0 Å². The fourth-order valence-corrected chi connectivity index (χ4v) is 6.42. The van der Waals surface area contributed by atoms with Gasteiger partial charge in [0.1, 0.15) is 21.2 Å². The van der Waals surface area contributed by atoms with Crippen molar-refractivity contribution in [1.82, 2.24) is 0 Å². The molecule has 0 aromatic heterocycles. The molecule has 0 aliphatic heterocycles. The van der Waals surface area contributed by atoms with Crippen LogP contribution in [-0.4, -0.2) is 44.0 Å². The van der Waals surface area contributed by atoms with E-state index in [1.807, 2.05) is 6.07 Å². The van der Waals surface area contributed by atoms with Crippen LogP contribution in [0.15, 0.2) is 102 Å². The zero-order chi connectivity index (χ0) is 34.5. The summed E-state index contributed by atoms with van der Waals surface area (Å²) >= 11 is 6.17. The summed E-state index contributed by atoms with van der Waals surface area (Å²) in [5, 5.41) is 35.8. The predicted octanol–water partition coefficient (Wildman–Crippen LogP) is 6.38. The summed E-state index contributed by atoms with van der Waals surface area (Å²) in [5.74, 6) is -0.903. The summed E-state index contributed by atoms with van der Waals surface area (Å²) in [5.41, 5.74) is 4.90. The van der Waals surface area contributed by atoms with Gasteiger partial charge in [-0.05, 0) is 66.0 Å². The van der Waals surface area contributed by atoms with Crippen LogP contribution in [0.1, 0.15) is 5.56 Å². The number of phenols is 1. The van der Waals surface area contributed by atoms with Gasteiger partial charge in [-0.1, -0.05) is 17.7 Å². The molecule has 0 aliphatic carbocycles. The highest BCUT2D eigenvalue weighted by atomic mass is 35.5. The lowest BCUT2D eigenvalue weighted by molar-refractivity contribution is 0.472. The van der Waals surface area contributed by atoms with Crippen molar-refractivity contribution in [2.75, 3.05) is 5.73 Å². The van der Waals surface area contributed by atoms with E-state index in [-0.39, 0.29) is 49.2 Å². The Balaban J connectivity index is 1.71. The highest BCUT2D eigenvalue weighted by Gasteiger charge is 2.25. The largest absolute Gasteiger partial charge is 0.505 e. The monoisotopic (exact) mass is 716 g/mol. The SMILES string of the molecule is N#Cc1ccc(N=Nc2ccc(N=Nc3c(S(=O)(=O)O)cc4cc(S(=O)(=O)O)c(N)cc4c3O)c3cc(S(=O)(=O)O)ccc23)c(Cl)c1. The summed E-state index contributed by atoms with van der Waals surface area (Å²) < 4.78 is 101. The molecule has 0 aliphatic rings. The molecular formula is C27H17ClN6O10S3. The second-order valence-corrected chi connectivity index (χ2v) is 14.2. The average molecular weight is 717 g/mol. The summed E-state index contributed by atoms with van der Waals surface area (Å²) in [6.07, 6.45) is 0. The molecule has 16 nitrogen and oxygen atoms in total. The van der Waals surface area contributed by atoms with Gasteiger partial charge in [0.05, 0.1) is 38.6 Å². The maximum Gasteiger partial charge on any atom is 0.296 e. The molecule has 0 bridgehead atoms. The molecule has 20 heteroatoms. The first kappa shape index (κ1) is 33.3.